The standard InChI is InChI=1S/C24H19NO3/c26-24(22-15-18-11-5-7-13-20(18)28-22)25-23(16-8-2-1-3-9-16)21-14-17-10-4-6-12-19(17)27-21/h1-14,22-23H,15H2,(H,25,26)/t22-,23-/m0/s1. The quantitative estimate of drug-likeness (QED) is 0.570. The van der Waals surface area contributed by atoms with Gasteiger partial charge >= 0.3 is 0 Å². The van der Waals surface area contributed by atoms with E-state index in [1.165, 1.54) is 0 Å². The number of furan rings is 1. The fourth-order valence-corrected chi connectivity index (χ4v) is 3.67. The predicted molar refractivity (Wildman–Crippen MR) is 107 cm³/mol. The van der Waals surface area contributed by atoms with Crippen molar-refractivity contribution in [3.05, 3.63) is 102 Å². The Morgan fingerprint density at radius 3 is 2.50 bits per heavy atom. The molecule has 1 aromatic heterocycles. The van der Waals surface area contributed by atoms with Crippen molar-refractivity contribution in [3.63, 3.8) is 0 Å². The van der Waals surface area contributed by atoms with E-state index in [1.54, 1.807) is 0 Å². The Kier molecular flexibility index (Phi) is 4.09. The summed E-state index contributed by atoms with van der Waals surface area (Å²) in [5.74, 6) is 1.34. The zero-order chi connectivity index (χ0) is 18.9. The first-order chi connectivity index (χ1) is 13.8. The minimum Gasteiger partial charge on any atom is -0.480 e. The van der Waals surface area contributed by atoms with Gasteiger partial charge in [0.05, 0.1) is 0 Å². The lowest BCUT2D eigenvalue weighted by Crippen LogP contribution is -2.39. The number of carbonyl (C=O) groups is 1. The molecule has 4 heteroatoms. The van der Waals surface area contributed by atoms with Gasteiger partial charge in [-0.05, 0) is 29.3 Å². The zero-order valence-corrected chi connectivity index (χ0v) is 15.2. The lowest BCUT2D eigenvalue weighted by Gasteiger charge is -2.19. The Balaban J connectivity index is 1.45. The summed E-state index contributed by atoms with van der Waals surface area (Å²) in [7, 11) is 0. The minimum absolute atomic E-state index is 0.148. The number of carbonyl (C=O) groups excluding carboxylic acids is 1. The van der Waals surface area contributed by atoms with Crippen LogP contribution in [0.15, 0.2) is 89.3 Å². The molecule has 0 fully saturated rings. The van der Waals surface area contributed by atoms with Crippen LogP contribution in [0.3, 0.4) is 0 Å². The molecule has 0 unspecified atom stereocenters. The van der Waals surface area contributed by atoms with E-state index in [1.807, 2.05) is 84.9 Å². The molecule has 138 valence electrons. The lowest BCUT2D eigenvalue weighted by atomic mass is 10.0. The highest BCUT2D eigenvalue weighted by Gasteiger charge is 2.31. The third kappa shape index (κ3) is 3.03. The highest BCUT2D eigenvalue weighted by Crippen LogP contribution is 2.31. The van der Waals surface area contributed by atoms with Crippen molar-refractivity contribution in [2.75, 3.05) is 0 Å². The summed E-state index contributed by atoms with van der Waals surface area (Å²) in [6.07, 6.45) is 0.0388. The van der Waals surface area contributed by atoms with E-state index in [-0.39, 0.29) is 11.9 Å². The largest absolute Gasteiger partial charge is 0.480 e. The summed E-state index contributed by atoms with van der Waals surface area (Å²) < 4.78 is 11.9. The van der Waals surface area contributed by atoms with E-state index in [0.717, 1.165) is 27.8 Å². The number of benzene rings is 3. The van der Waals surface area contributed by atoms with Crippen LogP contribution in [0, 0.1) is 0 Å². The molecule has 2 atom stereocenters. The molecular weight excluding hydrogens is 350 g/mol. The molecule has 0 radical (unpaired) electrons. The summed E-state index contributed by atoms with van der Waals surface area (Å²) in [6.45, 7) is 0. The first-order valence-electron chi connectivity index (χ1n) is 9.36. The average molecular weight is 369 g/mol. The SMILES string of the molecule is O=C(N[C@@H](c1ccccc1)c1cc2ccccc2o1)[C@@H]1Cc2ccccc2O1. The van der Waals surface area contributed by atoms with Crippen LogP contribution in [-0.2, 0) is 11.2 Å². The molecule has 1 aliphatic heterocycles. The molecule has 1 aliphatic rings. The molecule has 4 aromatic rings. The first-order valence-corrected chi connectivity index (χ1v) is 9.36. The minimum atomic E-state index is -0.534. The summed E-state index contributed by atoms with van der Waals surface area (Å²) in [5, 5.41) is 4.14. The Labute approximate surface area is 162 Å². The molecule has 1 N–H and O–H groups in total. The molecular formula is C24H19NO3. The van der Waals surface area contributed by atoms with E-state index in [4.69, 9.17) is 9.15 Å². The third-order valence-electron chi connectivity index (χ3n) is 5.09. The van der Waals surface area contributed by atoms with Gasteiger partial charge in [-0.25, -0.2) is 0 Å². The predicted octanol–water partition coefficient (Wildman–Crippen LogP) is 4.64. The van der Waals surface area contributed by atoms with Crippen molar-refractivity contribution in [3.8, 4) is 5.75 Å². The number of para-hydroxylation sites is 2. The molecule has 2 heterocycles. The second-order valence-corrected chi connectivity index (χ2v) is 6.96. The number of amides is 1. The van der Waals surface area contributed by atoms with Crippen LogP contribution in [0.1, 0.15) is 22.9 Å². The topological polar surface area (TPSA) is 51.5 Å². The van der Waals surface area contributed by atoms with Crippen molar-refractivity contribution in [2.45, 2.75) is 18.6 Å². The first kappa shape index (κ1) is 16.6. The molecule has 0 bridgehead atoms. The van der Waals surface area contributed by atoms with Crippen LogP contribution >= 0.6 is 0 Å². The average Bonchev–Trinajstić information content (AvgIpc) is 3.36. The van der Waals surface area contributed by atoms with Crippen molar-refractivity contribution in [1.82, 2.24) is 5.32 Å². The van der Waals surface area contributed by atoms with Gasteiger partial charge in [-0.3, -0.25) is 4.79 Å². The van der Waals surface area contributed by atoms with Gasteiger partial charge in [0.1, 0.15) is 23.1 Å². The summed E-state index contributed by atoms with van der Waals surface area (Å²) in [5.41, 5.74) is 2.82. The third-order valence-corrected chi connectivity index (χ3v) is 5.09. The monoisotopic (exact) mass is 369 g/mol. The number of hydrogen-bond acceptors (Lipinski definition) is 3. The van der Waals surface area contributed by atoms with Crippen molar-refractivity contribution >= 4 is 16.9 Å². The van der Waals surface area contributed by atoms with Gasteiger partial charge in [0.2, 0.25) is 0 Å². The van der Waals surface area contributed by atoms with Gasteiger partial charge in [-0.1, -0.05) is 66.7 Å². The second kappa shape index (κ2) is 6.89. The van der Waals surface area contributed by atoms with E-state index < -0.39 is 6.10 Å². The van der Waals surface area contributed by atoms with Crippen LogP contribution < -0.4 is 10.1 Å². The normalized spacial score (nSPS) is 16.4. The van der Waals surface area contributed by atoms with Gasteiger partial charge in [0, 0.05) is 11.8 Å². The number of rotatable bonds is 4. The fourth-order valence-electron chi connectivity index (χ4n) is 3.67. The molecule has 4 nitrogen and oxygen atoms in total. The number of nitrogens with one attached hydrogen (secondary N) is 1. The molecule has 3 aromatic carbocycles. The maximum atomic E-state index is 13.0. The van der Waals surface area contributed by atoms with Crippen molar-refractivity contribution in [1.29, 1.82) is 0 Å². The van der Waals surface area contributed by atoms with Crippen LogP contribution in [0.25, 0.3) is 11.0 Å². The molecule has 0 spiro atoms. The Morgan fingerprint density at radius 1 is 0.929 bits per heavy atom. The fraction of sp³-hybridized carbons (Fsp3) is 0.125. The van der Waals surface area contributed by atoms with E-state index in [2.05, 4.69) is 5.32 Å². The van der Waals surface area contributed by atoms with E-state index in [9.17, 15) is 4.79 Å². The molecule has 0 saturated heterocycles. The maximum Gasteiger partial charge on any atom is 0.262 e. The summed E-state index contributed by atoms with van der Waals surface area (Å²) in [4.78, 5) is 13.0. The molecule has 0 aliphatic carbocycles. The van der Waals surface area contributed by atoms with Crippen LogP contribution in [0.2, 0.25) is 0 Å². The Hall–Kier alpha value is -3.53. The van der Waals surface area contributed by atoms with Gasteiger partial charge in [0.15, 0.2) is 6.10 Å². The number of hydrogen-bond donors (Lipinski definition) is 1. The highest BCUT2D eigenvalue weighted by atomic mass is 16.5. The van der Waals surface area contributed by atoms with E-state index >= 15 is 0 Å². The smallest absolute Gasteiger partial charge is 0.262 e. The molecule has 28 heavy (non-hydrogen) atoms. The summed E-state index contributed by atoms with van der Waals surface area (Å²) >= 11 is 0. The molecule has 0 saturated carbocycles. The Morgan fingerprint density at radius 2 is 1.68 bits per heavy atom. The van der Waals surface area contributed by atoms with Crippen LogP contribution in [0.5, 0.6) is 5.75 Å². The zero-order valence-electron chi connectivity index (χ0n) is 15.2. The van der Waals surface area contributed by atoms with Crippen LogP contribution in [0.4, 0.5) is 0 Å². The second-order valence-electron chi connectivity index (χ2n) is 6.96. The van der Waals surface area contributed by atoms with Gasteiger partial charge in [-0.15, -0.1) is 0 Å². The highest BCUT2D eigenvalue weighted by molar-refractivity contribution is 5.84. The Bertz CT molecular complexity index is 1070. The van der Waals surface area contributed by atoms with Crippen molar-refractivity contribution in [2.24, 2.45) is 0 Å². The van der Waals surface area contributed by atoms with Gasteiger partial charge in [-0.2, -0.15) is 0 Å². The number of ether oxygens (including phenoxy) is 1. The van der Waals surface area contributed by atoms with Crippen LogP contribution in [-0.4, -0.2) is 12.0 Å². The lowest BCUT2D eigenvalue weighted by molar-refractivity contribution is -0.127. The number of fused-ring (bicyclic) bond motifs is 2. The van der Waals surface area contributed by atoms with E-state index in [0.29, 0.717) is 12.2 Å². The molecule has 1 amide bonds. The maximum absolute atomic E-state index is 13.0. The van der Waals surface area contributed by atoms with Crippen molar-refractivity contribution < 1.29 is 13.9 Å². The van der Waals surface area contributed by atoms with Gasteiger partial charge < -0.3 is 14.5 Å². The van der Waals surface area contributed by atoms with Gasteiger partial charge in [0.25, 0.3) is 5.91 Å². The molecule has 5 rings (SSSR count). The summed E-state index contributed by atoms with van der Waals surface area (Å²) in [6, 6.07) is 27.1.